The Balaban J connectivity index is 0.000000181. The van der Waals surface area contributed by atoms with E-state index in [0.29, 0.717) is 0 Å². The van der Waals surface area contributed by atoms with Crippen molar-refractivity contribution in [3.05, 3.63) is 40.2 Å². The second kappa shape index (κ2) is 6.86. The summed E-state index contributed by atoms with van der Waals surface area (Å²) in [7, 11) is 6.74. The summed E-state index contributed by atoms with van der Waals surface area (Å²) in [6.45, 7) is 0. The van der Waals surface area contributed by atoms with Crippen LogP contribution in [0, 0.1) is 3.70 Å². The number of aromatic nitrogens is 2. The second-order valence-electron chi connectivity index (χ2n) is 3.39. The summed E-state index contributed by atoms with van der Waals surface area (Å²) < 4.78 is 1.08. The normalized spacial score (nSPS) is 9.25. The molecular weight excluding hydrogens is 332 g/mol. The highest BCUT2D eigenvalue weighted by molar-refractivity contribution is 14.1. The molecule has 0 bridgehead atoms. The summed E-state index contributed by atoms with van der Waals surface area (Å²) >= 11 is 2.16. The highest BCUT2D eigenvalue weighted by Gasteiger charge is 1.90. The summed E-state index contributed by atoms with van der Waals surface area (Å²) in [5.41, 5.74) is 1.24. The van der Waals surface area contributed by atoms with E-state index in [-0.39, 0.29) is 0 Å². The van der Waals surface area contributed by atoms with Crippen molar-refractivity contribution in [3.8, 4) is 0 Å². The van der Waals surface area contributed by atoms with Gasteiger partial charge in [-0.2, -0.15) is 5.10 Å². The molecule has 0 aliphatic carbocycles. The first-order valence-corrected chi connectivity index (χ1v) is 6.43. The standard InChI is InChI=1S/C8H12NP.C3H3IN2/c1-9(2)7-3-5-8(10)6-4-7;4-3-1-2-5-6-3/h3-6H,10H2,1-2H3;1-2H,(H,5,6). The van der Waals surface area contributed by atoms with Crippen LogP contribution >= 0.6 is 31.8 Å². The van der Waals surface area contributed by atoms with Crippen molar-refractivity contribution in [3.63, 3.8) is 0 Å². The number of nitrogens with zero attached hydrogens (tertiary/aromatic N) is 2. The molecule has 0 aliphatic rings. The number of hydrogen-bond donors (Lipinski definition) is 1. The molecule has 0 spiro atoms. The van der Waals surface area contributed by atoms with Crippen molar-refractivity contribution >= 4 is 42.8 Å². The molecule has 1 heterocycles. The van der Waals surface area contributed by atoms with Crippen LogP contribution in [0.4, 0.5) is 5.69 Å². The average molecular weight is 347 g/mol. The third kappa shape index (κ3) is 4.94. The molecule has 1 aromatic carbocycles. The lowest BCUT2D eigenvalue weighted by Crippen LogP contribution is -2.08. The molecular formula is C11H15IN3P. The number of hydrogen-bond acceptors (Lipinski definition) is 2. The van der Waals surface area contributed by atoms with E-state index >= 15 is 0 Å². The fourth-order valence-electron chi connectivity index (χ4n) is 1.01. The summed E-state index contributed by atoms with van der Waals surface area (Å²) in [5.74, 6) is 0. The summed E-state index contributed by atoms with van der Waals surface area (Å²) in [6.07, 6.45) is 1.72. The Morgan fingerprint density at radius 3 is 2.12 bits per heavy atom. The molecule has 3 nitrogen and oxygen atoms in total. The predicted molar refractivity (Wildman–Crippen MR) is 81.4 cm³/mol. The van der Waals surface area contributed by atoms with E-state index in [2.05, 4.69) is 71.2 Å². The van der Waals surface area contributed by atoms with Crippen molar-refractivity contribution < 1.29 is 0 Å². The maximum Gasteiger partial charge on any atom is 0.0957 e. The maximum absolute atomic E-state index is 3.69. The van der Waals surface area contributed by atoms with Crippen LogP contribution < -0.4 is 10.2 Å². The zero-order chi connectivity index (χ0) is 12.0. The van der Waals surface area contributed by atoms with Gasteiger partial charge in [0.15, 0.2) is 0 Å². The van der Waals surface area contributed by atoms with Gasteiger partial charge in [-0.15, -0.1) is 9.24 Å². The van der Waals surface area contributed by atoms with Crippen LogP contribution in [0.5, 0.6) is 0 Å². The van der Waals surface area contributed by atoms with Crippen molar-refractivity contribution in [2.75, 3.05) is 19.0 Å². The van der Waals surface area contributed by atoms with E-state index < -0.39 is 0 Å². The first kappa shape index (κ1) is 13.5. The molecule has 0 amide bonds. The van der Waals surface area contributed by atoms with E-state index in [1.165, 1.54) is 11.0 Å². The molecule has 0 saturated carbocycles. The molecule has 0 fully saturated rings. The Bertz CT molecular complexity index is 398. The number of anilines is 1. The Morgan fingerprint density at radius 1 is 1.19 bits per heavy atom. The molecule has 16 heavy (non-hydrogen) atoms. The van der Waals surface area contributed by atoms with Crippen LogP contribution in [-0.4, -0.2) is 24.3 Å². The Morgan fingerprint density at radius 2 is 1.81 bits per heavy atom. The van der Waals surface area contributed by atoms with Crippen molar-refractivity contribution in [1.82, 2.24) is 10.2 Å². The van der Waals surface area contributed by atoms with Gasteiger partial charge in [0.05, 0.1) is 3.70 Å². The fraction of sp³-hybridized carbons (Fsp3) is 0.182. The van der Waals surface area contributed by atoms with Crippen molar-refractivity contribution in [1.29, 1.82) is 0 Å². The third-order valence-electron chi connectivity index (χ3n) is 1.88. The number of halogens is 1. The first-order chi connectivity index (χ1) is 7.59. The molecule has 0 aliphatic heterocycles. The van der Waals surface area contributed by atoms with E-state index in [1.807, 2.05) is 20.2 Å². The topological polar surface area (TPSA) is 31.9 Å². The van der Waals surface area contributed by atoms with Gasteiger partial charge in [-0.3, -0.25) is 5.10 Å². The third-order valence-corrected chi connectivity index (χ3v) is 2.86. The highest BCUT2D eigenvalue weighted by Crippen LogP contribution is 2.07. The van der Waals surface area contributed by atoms with E-state index in [1.54, 1.807) is 6.20 Å². The van der Waals surface area contributed by atoms with Gasteiger partial charge in [-0.05, 0) is 46.1 Å². The van der Waals surface area contributed by atoms with Crippen molar-refractivity contribution in [2.24, 2.45) is 0 Å². The number of rotatable bonds is 1. The lowest BCUT2D eigenvalue weighted by atomic mass is 10.3. The van der Waals surface area contributed by atoms with Gasteiger partial charge >= 0.3 is 0 Å². The Labute approximate surface area is 112 Å². The lowest BCUT2D eigenvalue weighted by Gasteiger charge is -2.11. The largest absolute Gasteiger partial charge is 0.378 e. The zero-order valence-electron chi connectivity index (χ0n) is 9.31. The highest BCUT2D eigenvalue weighted by atomic mass is 127. The maximum atomic E-state index is 3.69. The number of aromatic amines is 1. The molecule has 5 heteroatoms. The van der Waals surface area contributed by atoms with E-state index in [9.17, 15) is 0 Å². The van der Waals surface area contributed by atoms with Crippen LogP contribution in [0.3, 0.4) is 0 Å². The molecule has 0 saturated heterocycles. The van der Waals surface area contributed by atoms with Crippen LogP contribution in [0.25, 0.3) is 0 Å². The molecule has 2 rings (SSSR count). The average Bonchev–Trinajstić information content (AvgIpc) is 2.71. The van der Waals surface area contributed by atoms with Crippen LogP contribution in [0.1, 0.15) is 0 Å². The van der Waals surface area contributed by atoms with Gasteiger partial charge in [0.25, 0.3) is 0 Å². The molecule has 1 atom stereocenters. The van der Waals surface area contributed by atoms with Gasteiger partial charge in [0.2, 0.25) is 0 Å². The summed E-state index contributed by atoms with van der Waals surface area (Å²) in [4.78, 5) is 2.09. The van der Waals surface area contributed by atoms with Gasteiger partial charge in [0.1, 0.15) is 0 Å². The molecule has 86 valence electrons. The molecule has 1 unspecified atom stereocenters. The van der Waals surface area contributed by atoms with Crippen LogP contribution in [0.2, 0.25) is 0 Å². The lowest BCUT2D eigenvalue weighted by molar-refractivity contribution is 1.07. The fourth-order valence-corrected chi connectivity index (χ4v) is 1.50. The van der Waals surface area contributed by atoms with Crippen LogP contribution in [-0.2, 0) is 0 Å². The predicted octanol–water partition coefficient (Wildman–Crippen LogP) is 2.27. The molecule has 2 aromatic rings. The molecule has 0 radical (unpaired) electrons. The SMILES string of the molecule is CN(C)c1ccc(P)cc1.Ic1ccn[nH]1. The molecule has 1 aromatic heterocycles. The minimum atomic E-state index is 1.08. The molecule has 1 N–H and O–H groups in total. The number of nitrogens with one attached hydrogen (secondary N) is 1. The first-order valence-electron chi connectivity index (χ1n) is 4.77. The van der Waals surface area contributed by atoms with E-state index in [4.69, 9.17) is 0 Å². The quantitative estimate of drug-likeness (QED) is 0.634. The van der Waals surface area contributed by atoms with Gasteiger partial charge in [-0.1, -0.05) is 12.1 Å². The number of H-pyrrole nitrogens is 1. The number of benzene rings is 1. The Kier molecular flexibility index (Phi) is 5.77. The monoisotopic (exact) mass is 347 g/mol. The minimum absolute atomic E-state index is 1.08. The Hall–Kier alpha value is -0.610. The van der Waals surface area contributed by atoms with Gasteiger partial charge in [0, 0.05) is 26.0 Å². The van der Waals surface area contributed by atoms with Gasteiger partial charge < -0.3 is 4.90 Å². The van der Waals surface area contributed by atoms with E-state index in [0.717, 1.165) is 3.70 Å². The smallest absolute Gasteiger partial charge is 0.0957 e. The summed E-state index contributed by atoms with van der Waals surface area (Å²) in [6, 6.07) is 10.3. The second-order valence-corrected chi connectivity index (χ2v) is 5.22. The minimum Gasteiger partial charge on any atom is -0.378 e. The zero-order valence-corrected chi connectivity index (χ0v) is 12.6. The van der Waals surface area contributed by atoms with Crippen LogP contribution in [0.15, 0.2) is 36.5 Å². The summed E-state index contributed by atoms with van der Waals surface area (Å²) in [5, 5.41) is 7.65. The van der Waals surface area contributed by atoms with Crippen molar-refractivity contribution in [2.45, 2.75) is 0 Å². The van der Waals surface area contributed by atoms with Gasteiger partial charge in [-0.25, -0.2) is 0 Å².